The minimum atomic E-state index is -0.985. The number of hydrogen-bond acceptors (Lipinski definition) is 5. The van der Waals surface area contributed by atoms with E-state index in [2.05, 4.69) is 6.92 Å². The van der Waals surface area contributed by atoms with Crippen LogP contribution in [0, 0.1) is 5.92 Å². The summed E-state index contributed by atoms with van der Waals surface area (Å²) in [5.74, 6) is -0.936. The Morgan fingerprint density at radius 2 is 0.698 bits per heavy atom. The van der Waals surface area contributed by atoms with Gasteiger partial charge in [0.2, 0.25) is 0 Å². The van der Waals surface area contributed by atoms with E-state index in [1.54, 1.807) is 0 Å². The normalized spacial score (nSPS) is 12.7. The van der Waals surface area contributed by atoms with E-state index >= 15 is 0 Å². The van der Waals surface area contributed by atoms with Crippen molar-refractivity contribution in [1.82, 2.24) is 0 Å². The molecule has 53 heavy (non-hydrogen) atoms. The number of carboxylic acids is 1. The number of carbonyl (C=O) groups is 2. The van der Waals surface area contributed by atoms with Crippen LogP contribution in [0.2, 0.25) is 0 Å². The fourth-order valence-corrected chi connectivity index (χ4v) is 7.69. The third-order valence-corrected chi connectivity index (χ3v) is 11.3. The number of aliphatic carboxylic acids is 1. The molecule has 0 saturated heterocycles. The molecule has 0 radical (unpaired) electrons. The monoisotopic (exact) mass is 753 g/mol. The minimum absolute atomic E-state index is 0.0798. The highest BCUT2D eigenvalue weighted by molar-refractivity contribution is 5.72. The Morgan fingerprint density at radius 1 is 0.434 bits per heavy atom. The van der Waals surface area contributed by atoms with E-state index in [1.165, 1.54) is 212 Å². The number of hydrogen-bond donors (Lipinski definition) is 3. The van der Waals surface area contributed by atoms with Crippen molar-refractivity contribution in [3.8, 4) is 0 Å². The number of rotatable bonds is 45. The highest BCUT2D eigenvalue weighted by atomic mass is 16.5. The fourth-order valence-electron chi connectivity index (χ4n) is 7.69. The van der Waals surface area contributed by atoms with Gasteiger partial charge < -0.3 is 20.1 Å². The lowest BCUT2D eigenvalue weighted by atomic mass is 9.94. The van der Waals surface area contributed by atoms with Gasteiger partial charge in [0.15, 0.2) is 0 Å². The molecule has 0 rings (SSSR count). The average molecular weight is 753 g/mol. The van der Waals surface area contributed by atoms with Crippen LogP contribution in [0.25, 0.3) is 0 Å². The Balaban J connectivity index is 3.74. The summed E-state index contributed by atoms with van der Waals surface area (Å²) in [6.07, 6.45) is 49.5. The van der Waals surface area contributed by atoms with Gasteiger partial charge in [0, 0.05) is 6.42 Å². The summed E-state index contributed by atoms with van der Waals surface area (Å²) >= 11 is 0. The molecule has 316 valence electrons. The van der Waals surface area contributed by atoms with Gasteiger partial charge in [-0.1, -0.05) is 238 Å². The summed E-state index contributed by atoms with van der Waals surface area (Å²) in [4.78, 5) is 23.3. The van der Waals surface area contributed by atoms with Crippen molar-refractivity contribution >= 4 is 11.9 Å². The van der Waals surface area contributed by atoms with Crippen molar-refractivity contribution in [3.05, 3.63) is 0 Å². The minimum Gasteiger partial charge on any atom is -0.481 e. The van der Waals surface area contributed by atoms with E-state index < -0.39 is 12.1 Å². The van der Waals surface area contributed by atoms with E-state index in [4.69, 9.17) is 14.9 Å². The van der Waals surface area contributed by atoms with Crippen LogP contribution in [0.15, 0.2) is 0 Å². The third-order valence-electron chi connectivity index (χ3n) is 11.3. The summed E-state index contributed by atoms with van der Waals surface area (Å²) in [5.41, 5.74) is 0. The van der Waals surface area contributed by atoms with Gasteiger partial charge in [-0.25, -0.2) is 0 Å². The Labute approximate surface area is 329 Å². The summed E-state index contributed by atoms with van der Waals surface area (Å²) in [5, 5.41) is 27.4. The van der Waals surface area contributed by atoms with Gasteiger partial charge in [-0.15, -0.1) is 0 Å². The van der Waals surface area contributed by atoms with Gasteiger partial charge >= 0.3 is 11.9 Å². The number of carboxylic acid groups (broad SMARTS) is 1. The van der Waals surface area contributed by atoms with Crippen molar-refractivity contribution in [2.24, 2.45) is 5.92 Å². The Bertz CT molecular complexity index is 743. The second kappa shape index (κ2) is 43.6. The maximum absolute atomic E-state index is 12.8. The molecule has 0 bridgehead atoms. The lowest BCUT2D eigenvalue weighted by Gasteiger charge is -2.17. The van der Waals surface area contributed by atoms with Gasteiger partial charge in [-0.05, 0) is 19.3 Å². The molecule has 0 saturated carbocycles. The second-order valence-corrected chi connectivity index (χ2v) is 16.6. The van der Waals surface area contributed by atoms with Gasteiger partial charge in [0.05, 0.1) is 12.5 Å². The van der Waals surface area contributed by atoms with E-state index in [-0.39, 0.29) is 25.1 Å². The first-order valence-electron chi connectivity index (χ1n) is 23.7. The number of aliphatic hydroxyl groups is 2. The number of ether oxygens (including phenoxy) is 1. The molecular weight excluding hydrogens is 661 g/mol. The average Bonchev–Trinajstić information content (AvgIpc) is 3.15. The van der Waals surface area contributed by atoms with Crippen LogP contribution in [0.3, 0.4) is 0 Å². The summed E-state index contributed by atoms with van der Waals surface area (Å²) in [7, 11) is 0. The van der Waals surface area contributed by atoms with Crippen molar-refractivity contribution in [1.29, 1.82) is 0 Å². The van der Waals surface area contributed by atoms with Crippen LogP contribution < -0.4 is 0 Å². The molecule has 6 nitrogen and oxygen atoms in total. The lowest BCUT2D eigenvalue weighted by Crippen LogP contribution is -2.25. The van der Waals surface area contributed by atoms with Crippen LogP contribution in [-0.2, 0) is 14.3 Å². The maximum Gasteiger partial charge on any atom is 0.309 e. The fraction of sp³-hybridized carbons (Fsp3) is 0.957. The van der Waals surface area contributed by atoms with Crippen LogP contribution in [0.1, 0.15) is 264 Å². The molecule has 0 aliphatic rings. The van der Waals surface area contributed by atoms with Crippen LogP contribution in [0.5, 0.6) is 0 Å². The standard InChI is InChI=1S/C47H92O6/c1-2-3-4-5-6-7-8-9-10-11-15-18-21-24-27-30-33-36-39-44(47(52)53-43-45(49)42-48)40-37-34-31-28-25-22-19-16-13-12-14-17-20-23-26-29-32-35-38-41-46(50)51/h44-45,48-49H,2-43H2,1H3,(H,50,51). The van der Waals surface area contributed by atoms with E-state index in [9.17, 15) is 14.7 Å². The van der Waals surface area contributed by atoms with Crippen LogP contribution in [0.4, 0.5) is 0 Å². The lowest BCUT2D eigenvalue weighted by molar-refractivity contribution is -0.152. The van der Waals surface area contributed by atoms with Gasteiger partial charge in [-0.3, -0.25) is 9.59 Å². The Kier molecular flexibility index (Phi) is 42.6. The number of esters is 1. The smallest absolute Gasteiger partial charge is 0.309 e. The Hall–Kier alpha value is -1.14. The zero-order valence-corrected chi connectivity index (χ0v) is 35.4. The number of unbranched alkanes of at least 4 members (excludes halogenated alkanes) is 35. The SMILES string of the molecule is CCCCCCCCCCCCCCCCCCCCC(CCCCCCCCCCCCCCCCCCCCCC(=O)O)C(=O)OCC(O)CO. The summed E-state index contributed by atoms with van der Waals surface area (Å²) < 4.78 is 5.38. The molecule has 3 N–H and O–H groups in total. The molecular formula is C47H92O6. The number of aliphatic hydroxyl groups excluding tert-OH is 2. The van der Waals surface area contributed by atoms with E-state index in [0.29, 0.717) is 6.42 Å². The first kappa shape index (κ1) is 51.9. The van der Waals surface area contributed by atoms with Gasteiger partial charge in [0.25, 0.3) is 0 Å². The molecule has 0 heterocycles. The Morgan fingerprint density at radius 3 is 0.962 bits per heavy atom. The van der Waals surface area contributed by atoms with Gasteiger partial charge in [0.1, 0.15) is 12.7 Å². The third kappa shape index (κ3) is 41.9. The molecule has 2 atom stereocenters. The predicted octanol–water partition coefficient (Wildman–Crippen LogP) is 14.2. The molecule has 0 aromatic carbocycles. The first-order valence-corrected chi connectivity index (χ1v) is 23.7. The summed E-state index contributed by atoms with van der Waals surface area (Å²) in [6.45, 7) is 1.80. The molecule has 2 unspecified atom stereocenters. The topological polar surface area (TPSA) is 104 Å². The van der Waals surface area contributed by atoms with Crippen molar-refractivity contribution in [2.45, 2.75) is 270 Å². The maximum atomic E-state index is 12.8. The zero-order valence-electron chi connectivity index (χ0n) is 35.4. The van der Waals surface area contributed by atoms with Crippen LogP contribution in [-0.4, -0.2) is 46.6 Å². The van der Waals surface area contributed by atoms with Crippen molar-refractivity contribution < 1.29 is 29.6 Å². The van der Waals surface area contributed by atoms with Crippen molar-refractivity contribution in [3.63, 3.8) is 0 Å². The molecule has 0 spiro atoms. The quantitative estimate of drug-likeness (QED) is 0.0423. The first-order chi connectivity index (χ1) is 26.0. The highest BCUT2D eigenvalue weighted by Crippen LogP contribution is 2.22. The molecule has 0 aliphatic heterocycles. The van der Waals surface area contributed by atoms with Gasteiger partial charge in [-0.2, -0.15) is 0 Å². The molecule has 0 aromatic rings. The second-order valence-electron chi connectivity index (χ2n) is 16.6. The molecule has 0 aromatic heterocycles. The van der Waals surface area contributed by atoms with E-state index in [0.717, 1.165) is 38.5 Å². The van der Waals surface area contributed by atoms with E-state index in [1.807, 2.05) is 0 Å². The molecule has 6 heteroatoms. The molecule has 0 fully saturated rings. The molecule has 0 aliphatic carbocycles. The van der Waals surface area contributed by atoms with Crippen molar-refractivity contribution in [2.75, 3.05) is 13.2 Å². The molecule has 0 amide bonds. The zero-order chi connectivity index (χ0) is 38.7. The highest BCUT2D eigenvalue weighted by Gasteiger charge is 2.20. The predicted molar refractivity (Wildman–Crippen MR) is 226 cm³/mol. The van der Waals surface area contributed by atoms with Crippen LogP contribution >= 0.6 is 0 Å². The number of carbonyl (C=O) groups excluding carboxylic acids is 1. The largest absolute Gasteiger partial charge is 0.481 e. The summed E-state index contributed by atoms with van der Waals surface area (Å²) in [6, 6.07) is 0.